The largest absolute Gasteiger partial charge is 0.472 e. The zero-order valence-corrected chi connectivity index (χ0v) is 56.7. The van der Waals surface area contributed by atoms with Gasteiger partial charge in [0.2, 0.25) is 0 Å². The fraction of sp³-hybridized carbons (Fsp3) is 0.939. The van der Waals surface area contributed by atoms with Crippen molar-refractivity contribution in [1.29, 1.82) is 0 Å². The van der Waals surface area contributed by atoms with Crippen LogP contribution in [-0.2, 0) is 65.4 Å². The van der Waals surface area contributed by atoms with E-state index in [9.17, 15) is 43.2 Å². The Balaban J connectivity index is 5.18. The first-order chi connectivity index (χ1) is 40.9. The second-order valence-corrected chi connectivity index (χ2v) is 27.7. The molecule has 504 valence electrons. The van der Waals surface area contributed by atoms with Crippen molar-refractivity contribution < 1.29 is 80.2 Å². The van der Waals surface area contributed by atoms with Crippen LogP contribution in [0.4, 0.5) is 0 Å². The lowest BCUT2D eigenvalue weighted by Crippen LogP contribution is -2.30. The Labute approximate surface area is 517 Å². The Hall–Kier alpha value is -1.94. The first-order valence-corrected chi connectivity index (χ1v) is 37.5. The number of aliphatic hydroxyl groups excluding tert-OH is 1. The van der Waals surface area contributed by atoms with Crippen LogP contribution in [0.5, 0.6) is 0 Å². The maximum Gasteiger partial charge on any atom is 0.472 e. The minimum Gasteiger partial charge on any atom is -0.462 e. The number of hydrogen-bond donors (Lipinski definition) is 3. The second-order valence-electron chi connectivity index (χ2n) is 24.8. The lowest BCUT2D eigenvalue weighted by molar-refractivity contribution is -0.161. The summed E-state index contributed by atoms with van der Waals surface area (Å²) in [6.45, 7) is 9.40. The van der Waals surface area contributed by atoms with Gasteiger partial charge in [-0.3, -0.25) is 37.3 Å². The van der Waals surface area contributed by atoms with E-state index >= 15 is 0 Å². The molecule has 0 saturated heterocycles. The van der Waals surface area contributed by atoms with Gasteiger partial charge < -0.3 is 33.8 Å². The van der Waals surface area contributed by atoms with Crippen LogP contribution in [0, 0.1) is 11.8 Å². The number of aliphatic hydroxyl groups is 1. The van der Waals surface area contributed by atoms with E-state index in [-0.39, 0.29) is 25.7 Å². The molecule has 0 aromatic carbocycles. The van der Waals surface area contributed by atoms with Crippen molar-refractivity contribution in [3.8, 4) is 0 Å². The number of carbonyl (C=O) groups excluding carboxylic acids is 4. The molecule has 0 aromatic heterocycles. The lowest BCUT2D eigenvalue weighted by atomic mass is 10.0. The van der Waals surface area contributed by atoms with Crippen molar-refractivity contribution in [2.45, 2.75) is 349 Å². The summed E-state index contributed by atoms with van der Waals surface area (Å²) < 4.78 is 67.9. The van der Waals surface area contributed by atoms with Crippen LogP contribution in [0.3, 0.4) is 0 Å². The molecule has 0 rings (SSSR count). The molecule has 0 aliphatic carbocycles. The molecule has 0 bridgehead atoms. The highest BCUT2D eigenvalue weighted by Gasteiger charge is 2.30. The van der Waals surface area contributed by atoms with Crippen LogP contribution < -0.4 is 0 Å². The van der Waals surface area contributed by atoms with Gasteiger partial charge in [-0.05, 0) is 37.5 Å². The van der Waals surface area contributed by atoms with E-state index in [1.165, 1.54) is 141 Å². The molecule has 0 saturated carbocycles. The van der Waals surface area contributed by atoms with Crippen LogP contribution in [-0.4, -0.2) is 96.7 Å². The number of hydrogen-bond acceptors (Lipinski definition) is 15. The van der Waals surface area contributed by atoms with Crippen LogP contribution in [0.25, 0.3) is 0 Å². The fourth-order valence-electron chi connectivity index (χ4n) is 9.88. The molecule has 17 nitrogen and oxygen atoms in total. The lowest BCUT2D eigenvalue weighted by Gasteiger charge is -2.21. The Morgan fingerprint density at radius 3 is 0.800 bits per heavy atom. The molecular weight excluding hydrogens is 1130 g/mol. The van der Waals surface area contributed by atoms with Crippen molar-refractivity contribution in [1.82, 2.24) is 0 Å². The summed E-state index contributed by atoms with van der Waals surface area (Å²) in [5.41, 5.74) is 0. The molecular formula is C66H128O17P2. The SMILES string of the molecule is CCCCCCCCCCCCCCCCC(=O)OC[C@H](COP(=O)(O)OC[C@@H](O)COP(=O)(O)OC[C@@H](COC(=O)CCCCCCC)OC(=O)CCCCCCCCCCC(C)C)OC(=O)CCCCCCCCCCCCCCC(C)C. The molecule has 0 spiro atoms. The monoisotopic (exact) mass is 1250 g/mol. The van der Waals surface area contributed by atoms with Crippen LogP contribution in [0.2, 0.25) is 0 Å². The summed E-state index contributed by atoms with van der Waals surface area (Å²) in [6.07, 6.45) is 42.0. The molecule has 85 heavy (non-hydrogen) atoms. The highest BCUT2D eigenvalue weighted by Crippen LogP contribution is 2.45. The standard InChI is InChI=1S/C66H128O17P2/c1-7-9-11-13-14-15-16-17-18-22-25-31-37-43-49-64(69)77-55-62(83-65(70)50-44-38-32-26-23-20-19-21-24-29-35-40-46-58(3)4)57-81-85(74,75)79-53-60(67)52-78-84(72,73)80-56-61(54-76-63(68)48-42-34-12-10-8-2)82-66(71)51-45-39-33-28-27-30-36-41-47-59(5)6/h58-62,67H,7-57H2,1-6H3,(H,72,73)(H,74,75)/t60-,61+,62+/m0/s1. The van der Waals surface area contributed by atoms with E-state index < -0.39 is 97.5 Å². The van der Waals surface area contributed by atoms with Gasteiger partial charge in [0.05, 0.1) is 26.4 Å². The highest BCUT2D eigenvalue weighted by molar-refractivity contribution is 7.47. The van der Waals surface area contributed by atoms with Gasteiger partial charge in [0.25, 0.3) is 0 Å². The molecule has 0 fully saturated rings. The molecule has 0 aliphatic heterocycles. The van der Waals surface area contributed by atoms with Gasteiger partial charge in [0, 0.05) is 25.7 Å². The van der Waals surface area contributed by atoms with Gasteiger partial charge in [-0.25, -0.2) is 9.13 Å². The maximum absolute atomic E-state index is 13.0. The number of phosphoric acid groups is 2. The van der Waals surface area contributed by atoms with E-state index in [4.69, 9.17) is 37.0 Å². The number of esters is 4. The zero-order valence-electron chi connectivity index (χ0n) is 54.9. The topological polar surface area (TPSA) is 237 Å². The van der Waals surface area contributed by atoms with Gasteiger partial charge in [-0.1, -0.05) is 279 Å². The quantitative estimate of drug-likeness (QED) is 0.0222. The number of rotatable bonds is 65. The first-order valence-electron chi connectivity index (χ1n) is 34.5. The van der Waals surface area contributed by atoms with Crippen molar-refractivity contribution in [3.05, 3.63) is 0 Å². The number of carbonyl (C=O) groups is 4. The predicted molar refractivity (Wildman–Crippen MR) is 340 cm³/mol. The van der Waals surface area contributed by atoms with Crippen molar-refractivity contribution >= 4 is 39.5 Å². The van der Waals surface area contributed by atoms with E-state index in [1.54, 1.807) is 0 Å². The summed E-state index contributed by atoms with van der Waals surface area (Å²) in [7, 11) is -9.88. The third-order valence-corrected chi connectivity index (χ3v) is 17.1. The normalized spacial score (nSPS) is 14.2. The average molecular weight is 1260 g/mol. The Morgan fingerprint density at radius 1 is 0.318 bits per heavy atom. The highest BCUT2D eigenvalue weighted by atomic mass is 31.2. The second kappa shape index (κ2) is 58.4. The maximum atomic E-state index is 13.0. The summed E-state index contributed by atoms with van der Waals surface area (Å²) in [4.78, 5) is 72.1. The summed E-state index contributed by atoms with van der Waals surface area (Å²) >= 11 is 0. The third-order valence-electron chi connectivity index (χ3n) is 15.2. The fourth-order valence-corrected chi connectivity index (χ4v) is 11.5. The van der Waals surface area contributed by atoms with Crippen LogP contribution in [0.15, 0.2) is 0 Å². The Kier molecular flexibility index (Phi) is 57.1. The predicted octanol–water partition coefficient (Wildman–Crippen LogP) is 18.4. The van der Waals surface area contributed by atoms with E-state index in [2.05, 4.69) is 41.5 Å². The van der Waals surface area contributed by atoms with Gasteiger partial charge in [0.1, 0.15) is 19.3 Å². The molecule has 19 heteroatoms. The van der Waals surface area contributed by atoms with E-state index in [1.807, 2.05) is 0 Å². The number of phosphoric ester groups is 2. The van der Waals surface area contributed by atoms with Crippen molar-refractivity contribution in [3.63, 3.8) is 0 Å². The third kappa shape index (κ3) is 60.7. The molecule has 0 heterocycles. The van der Waals surface area contributed by atoms with Crippen molar-refractivity contribution in [2.75, 3.05) is 39.6 Å². The minimum absolute atomic E-state index is 0.103. The Bertz CT molecular complexity index is 1670. The van der Waals surface area contributed by atoms with Gasteiger partial charge in [-0.2, -0.15) is 0 Å². The van der Waals surface area contributed by atoms with Crippen molar-refractivity contribution in [2.24, 2.45) is 11.8 Å². The van der Waals surface area contributed by atoms with E-state index in [0.717, 1.165) is 108 Å². The number of ether oxygens (including phenoxy) is 4. The van der Waals surface area contributed by atoms with Gasteiger partial charge in [0.15, 0.2) is 12.2 Å². The molecule has 0 aromatic rings. The summed E-state index contributed by atoms with van der Waals surface area (Å²) in [6, 6.07) is 0. The molecule has 0 aliphatic rings. The van der Waals surface area contributed by atoms with Crippen LogP contribution >= 0.6 is 15.6 Å². The number of unbranched alkanes of at least 4 members (excludes halogenated alkanes) is 35. The summed E-state index contributed by atoms with van der Waals surface area (Å²) in [5.74, 6) is -0.646. The molecule has 2 unspecified atom stereocenters. The molecule has 3 N–H and O–H groups in total. The average Bonchev–Trinajstić information content (AvgIpc) is 3.50. The Morgan fingerprint density at radius 2 is 0.541 bits per heavy atom. The summed E-state index contributed by atoms with van der Waals surface area (Å²) in [5, 5.41) is 10.5. The molecule has 0 amide bonds. The van der Waals surface area contributed by atoms with E-state index in [0.29, 0.717) is 25.7 Å². The minimum atomic E-state index is -4.95. The molecule has 5 atom stereocenters. The van der Waals surface area contributed by atoms with Gasteiger partial charge in [-0.15, -0.1) is 0 Å². The molecule has 0 radical (unpaired) electrons. The van der Waals surface area contributed by atoms with Gasteiger partial charge >= 0.3 is 39.5 Å². The zero-order chi connectivity index (χ0) is 62.9. The first kappa shape index (κ1) is 83.1. The van der Waals surface area contributed by atoms with Crippen LogP contribution in [0.1, 0.15) is 330 Å². The smallest absolute Gasteiger partial charge is 0.462 e.